The fourth-order valence-corrected chi connectivity index (χ4v) is 3.97. The van der Waals surface area contributed by atoms with E-state index in [1.807, 2.05) is 0 Å². The molecule has 20 heavy (non-hydrogen) atoms. The van der Waals surface area contributed by atoms with Crippen molar-refractivity contribution in [3.8, 4) is 0 Å². The summed E-state index contributed by atoms with van der Waals surface area (Å²) in [6.07, 6.45) is 6.83. The van der Waals surface area contributed by atoms with Crippen molar-refractivity contribution in [3.05, 3.63) is 34.3 Å². The average Bonchev–Trinajstić information content (AvgIpc) is 3.30. The summed E-state index contributed by atoms with van der Waals surface area (Å²) in [7, 11) is 0. The first kappa shape index (κ1) is 14.6. The van der Waals surface area contributed by atoms with Crippen LogP contribution in [0.15, 0.2) is 28.7 Å². The average molecular weight is 337 g/mol. The number of benzene rings is 1. The van der Waals surface area contributed by atoms with E-state index in [0.717, 1.165) is 6.04 Å². The van der Waals surface area contributed by atoms with Gasteiger partial charge < -0.3 is 5.32 Å². The summed E-state index contributed by atoms with van der Waals surface area (Å²) in [5, 5.41) is 3.70. The van der Waals surface area contributed by atoms with Crippen LogP contribution in [0.1, 0.15) is 50.6 Å². The van der Waals surface area contributed by atoms with Crippen molar-refractivity contribution in [2.24, 2.45) is 0 Å². The molecule has 2 atom stereocenters. The van der Waals surface area contributed by atoms with Gasteiger partial charge in [0.25, 0.3) is 0 Å². The zero-order valence-corrected chi connectivity index (χ0v) is 13.9. The highest BCUT2D eigenvalue weighted by atomic mass is 79.9. The number of rotatable bonds is 5. The second-order valence-electron chi connectivity index (χ2n) is 6.27. The Hall–Kier alpha value is -0.380. The number of piperidine rings is 1. The zero-order chi connectivity index (χ0) is 13.9. The van der Waals surface area contributed by atoms with Crippen LogP contribution in [-0.4, -0.2) is 30.1 Å². The Morgan fingerprint density at radius 2 is 2.05 bits per heavy atom. The normalized spacial score (nSPS) is 24.9. The van der Waals surface area contributed by atoms with Crippen molar-refractivity contribution in [1.82, 2.24) is 10.2 Å². The lowest BCUT2D eigenvalue weighted by Gasteiger charge is -2.35. The van der Waals surface area contributed by atoms with Crippen LogP contribution in [-0.2, 0) is 0 Å². The summed E-state index contributed by atoms with van der Waals surface area (Å²) >= 11 is 3.72. The van der Waals surface area contributed by atoms with Crippen LogP contribution in [0.3, 0.4) is 0 Å². The summed E-state index contributed by atoms with van der Waals surface area (Å²) in [5.41, 5.74) is 1.43. The number of hydrogen-bond acceptors (Lipinski definition) is 2. The second kappa shape index (κ2) is 6.59. The minimum absolute atomic E-state index is 0.502. The van der Waals surface area contributed by atoms with E-state index in [0.29, 0.717) is 12.1 Å². The molecule has 0 radical (unpaired) electrons. The molecule has 2 nitrogen and oxygen atoms in total. The summed E-state index contributed by atoms with van der Waals surface area (Å²) in [5.74, 6) is 0. The highest BCUT2D eigenvalue weighted by Gasteiger charge is 2.34. The first-order valence-electron chi connectivity index (χ1n) is 7.99. The van der Waals surface area contributed by atoms with Crippen molar-refractivity contribution in [3.63, 3.8) is 0 Å². The Bertz CT molecular complexity index is 438. The molecule has 1 heterocycles. The van der Waals surface area contributed by atoms with Gasteiger partial charge in [0.2, 0.25) is 0 Å². The van der Waals surface area contributed by atoms with Crippen molar-refractivity contribution in [2.45, 2.75) is 57.2 Å². The molecule has 1 saturated carbocycles. The third-order valence-electron chi connectivity index (χ3n) is 4.71. The van der Waals surface area contributed by atoms with Gasteiger partial charge in [-0.1, -0.05) is 40.5 Å². The Labute approximate surface area is 131 Å². The van der Waals surface area contributed by atoms with Gasteiger partial charge in [-0.05, 0) is 50.8 Å². The lowest BCUT2D eigenvalue weighted by Crippen LogP contribution is -2.45. The minimum Gasteiger partial charge on any atom is -0.313 e. The van der Waals surface area contributed by atoms with E-state index in [-0.39, 0.29) is 0 Å². The SMILES string of the molecule is CC(c1ccccc1Br)N(CC1CCCCN1)C1CC1. The predicted molar refractivity (Wildman–Crippen MR) is 87.9 cm³/mol. The molecule has 2 aliphatic rings. The van der Waals surface area contributed by atoms with Crippen LogP contribution in [0.2, 0.25) is 0 Å². The first-order valence-corrected chi connectivity index (χ1v) is 8.78. The molecule has 1 aromatic carbocycles. The van der Waals surface area contributed by atoms with Gasteiger partial charge in [0.05, 0.1) is 0 Å². The smallest absolute Gasteiger partial charge is 0.0334 e. The number of nitrogens with one attached hydrogen (secondary N) is 1. The third kappa shape index (κ3) is 3.44. The molecule has 0 aromatic heterocycles. The van der Waals surface area contributed by atoms with Crippen LogP contribution in [0.5, 0.6) is 0 Å². The number of nitrogens with zero attached hydrogens (tertiary/aromatic N) is 1. The molecule has 1 aromatic rings. The molecule has 0 bridgehead atoms. The van der Waals surface area contributed by atoms with E-state index >= 15 is 0 Å². The molecule has 2 fully saturated rings. The summed E-state index contributed by atoms with van der Waals surface area (Å²) in [6, 6.07) is 10.7. The monoisotopic (exact) mass is 336 g/mol. The van der Waals surface area contributed by atoms with E-state index < -0.39 is 0 Å². The van der Waals surface area contributed by atoms with Gasteiger partial charge in [0, 0.05) is 29.1 Å². The Balaban J connectivity index is 1.71. The van der Waals surface area contributed by atoms with Crippen LogP contribution in [0.4, 0.5) is 0 Å². The fourth-order valence-electron chi connectivity index (χ4n) is 3.36. The summed E-state index contributed by atoms with van der Waals surface area (Å²) in [6.45, 7) is 4.76. The highest BCUT2D eigenvalue weighted by Crippen LogP contribution is 2.36. The van der Waals surface area contributed by atoms with E-state index in [4.69, 9.17) is 0 Å². The molecule has 0 amide bonds. The molecule has 1 saturated heterocycles. The second-order valence-corrected chi connectivity index (χ2v) is 7.13. The first-order chi connectivity index (χ1) is 9.75. The molecular formula is C17H25BrN2. The molecule has 1 aliphatic carbocycles. The molecule has 110 valence electrons. The minimum atomic E-state index is 0.502. The lowest BCUT2D eigenvalue weighted by molar-refractivity contribution is 0.166. The van der Waals surface area contributed by atoms with Crippen molar-refractivity contribution >= 4 is 15.9 Å². The van der Waals surface area contributed by atoms with Crippen molar-refractivity contribution < 1.29 is 0 Å². The Kier molecular flexibility index (Phi) is 4.79. The maximum Gasteiger partial charge on any atom is 0.0334 e. The highest BCUT2D eigenvalue weighted by molar-refractivity contribution is 9.10. The van der Waals surface area contributed by atoms with Gasteiger partial charge >= 0.3 is 0 Å². The quantitative estimate of drug-likeness (QED) is 0.870. The summed E-state index contributed by atoms with van der Waals surface area (Å²) in [4.78, 5) is 2.73. The maximum absolute atomic E-state index is 3.72. The lowest BCUT2D eigenvalue weighted by atomic mass is 10.0. The van der Waals surface area contributed by atoms with Gasteiger partial charge in [0.15, 0.2) is 0 Å². The predicted octanol–water partition coefficient (Wildman–Crippen LogP) is 4.12. The van der Waals surface area contributed by atoms with E-state index in [2.05, 4.69) is 57.3 Å². The van der Waals surface area contributed by atoms with Crippen molar-refractivity contribution in [2.75, 3.05) is 13.1 Å². The van der Waals surface area contributed by atoms with Crippen molar-refractivity contribution in [1.29, 1.82) is 0 Å². The largest absolute Gasteiger partial charge is 0.313 e. The number of halogens is 1. The molecule has 3 heteroatoms. The van der Waals surface area contributed by atoms with Gasteiger partial charge in [-0.2, -0.15) is 0 Å². The van der Waals surface area contributed by atoms with Gasteiger partial charge in [-0.25, -0.2) is 0 Å². The van der Waals surface area contributed by atoms with Crippen LogP contribution in [0, 0.1) is 0 Å². The molecule has 1 N–H and O–H groups in total. The van der Waals surface area contributed by atoms with Gasteiger partial charge in [-0.15, -0.1) is 0 Å². The van der Waals surface area contributed by atoms with Gasteiger partial charge in [0.1, 0.15) is 0 Å². The standard InChI is InChI=1S/C17H25BrN2/c1-13(16-7-2-3-8-17(16)18)20(15-9-10-15)12-14-6-4-5-11-19-14/h2-3,7-8,13-15,19H,4-6,9-12H2,1H3. The molecular weight excluding hydrogens is 312 g/mol. The maximum atomic E-state index is 3.72. The molecule has 2 unspecified atom stereocenters. The van der Waals surface area contributed by atoms with E-state index in [9.17, 15) is 0 Å². The molecule has 0 spiro atoms. The molecule has 3 rings (SSSR count). The van der Waals surface area contributed by atoms with Crippen LogP contribution in [0.25, 0.3) is 0 Å². The molecule has 1 aliphatic heterocycles. The van der Waals surface area contributed by atoms with E-state index in [1.54, 1.807) is 0 Å². The summed E-state index contributed by atoms with van der Waals surface area (Å²) < 4.78 is 1.25. The number of hydrogen-bond donors (Lipinski definition) is 1. The fraction of sp³-hybridized carbons (Fsp3) is 0.647. The van der Waals surface area contributed by atoms with E-state index in [1.165, 1.54) is 55.2 Å². The Morgan fingerprint density at radius 1 is 1.25 bits per heavy atom. The topological polar surface area (TPSA) is 15.3 Å². The third-order valence-corrected chi connectivity index (χ3v) is 5.43. The zero-order valence-electron chi connectivity index (χ0n) is 12.3. The van der Waals surface area contributed by atoms with Gasteiger partial charge in [-0.3, -0.25) is 4.90 Å². The van der Waals surface area contributed by atoms with Crippen LogP contribution < -0.4 is 5.32 Å². The van der Waals surface area contributed by atoms with Crippen LogP contribution >= 0.6 is 15.9 Å². The Morgan fingerprint density at radius 3 is 2.70 bits per heavy atom.